The number of nitrogens with zero attached hydrogens (tertiary/aromatic N) is 1. The maximum atomic E-state index is 12.6. The van der Waals surface area contributed by atoms with E-state index in [1.165, 1.54) is 4.90 Å². The summed E-state index contributed by atoms with van der Waals surface area (Å²) in [6, 6.07) is 7.84. The fourth-order valence-electron chi connectivity index (χ4n) is 2.64. The average Bonchev–Trinajstić information content (AvgIpc) is 2.45. The quantitative estimate of drug-likeness (QED) is 0.847. The van der Waals surface area contributed by atoms with Gasteiger partial charge in [0.15, 0.2) is 0 Å². The molecule has 1 heterocycles. The van der Waals surface area contributed by atoms with Gasteiger partial charge < -0.3 is 15.3 Å². The summed E-state index contributed by atoms with van der Waals surface area (Å²) in [5.74, 6) is -1.36. The number of fused-ring (bicyclic) bond motifs is 1. The van der Waals surface area contributed by atoms with Gasteiger partial charge in [-0.2, -0.15) is 0 Å². The van der Waals surface area contributed by atoms with Crippen LogP contribution in [0.1, 0.15) is 30.4 Å². The Labute approximate surface area is 118 Å². The van der Waals surface area contributed by atoms with Crippen LogP contribution < -0.4 is 5.32 Å². The Balaban J connectivity index is 2.21. The van der Waals surface area contributed by atoms with Gasteiger partial charge in [0.05, 0.1) is 5.92 Å². The van der Waals surface area contributed by atoms with Crippen molar-refractivity contribution in [2.45, 2.75) is 25.8 Å². The molecule has 108 valence electrons. The average molecular weight is 276 g/mol. The number of carbonyl (C=O) groups is 2. The number of benzene rings is 1. The van der Waals surface area contributed by atoms with Gasteiger partial charge in [-0.05, 0) is 17.5 Å². The minimum atomic E-state index is -0.969. The second-order valence-electron chi connectivity index (χ2n) is 5.04. The first-order valence-corrected chi connectivity index (χ1v) is 6.92. The van der Waals surface area contributed by atoms with Crippen molar-refractivity contribution in [3.8, 4) is 0 Å². The highest BCUT2D eigenvalue weighted by Crippen LogP contribution is 2.25. The van der Waals surface area contributed by atoms with E-state index in [1.807, 2.05) is 31.2 Å². The van der Waals surface area contributed by atoms with Crippen molar-refractivity contribution >= 4 is 11.9 Å². The summed E-state index contributed by atoms with van der Waals surface area (Å²) < 4.78 is 0. The number of carboxylic acids is 1. The molecule has 1 aromatic rings. The summed E-state index contributed by atoms with van der Waals surface area (Å²) >= 11 is 0. The molecular formula is C15H20N2O3. The van der Waals surface area contributed by atoms with E-state index in [0.717, 1.165) is 24.1 Å². The third-order valence-corrected chi connectivity index (χ3v) is 3.52. The minimum Gasteiger partial charge on any atom is -0.480 e. The third-order valence-electron chi connectivity index (χ3n) is 3.52. The molecule has 0 spiro atoms. The zero-order valence-corrected chi connectivity index (χ0v) is 11.6. The number of nitrogens with one attached hydrogen (secondary N) is 1. The Morgan fingerprint density at radius 2 is 2.15 bits per heavy atom. The molecule has 2 rings (SSSR count). The van der Waals surface area contributed by atoms with Crippen molar-refractivity contribution in [1.29, 1.82) is 0 Å². The predicted octanol–water partition coefficient (Wildman–Crippen LogP) is 1.20. The normalized spacial score (nSPS) is 17.4. The van der Waals surface area contributed by atoms with E-state index >= 15 is 0 Å². The Kier molecular flexibility index (Phi) is 4.74. The molecule has 1 amide bonds. The predicted molar refractivity (Wildman–Crippen MR) is 75.4 cm³/mol. The second-order valence-corrected chi connectivity index (χ2v) is 5.04. The van der Waals surface area contributed by atoms with Crippen molar-refractivity contribution in [3.05, 3.63) is 35.4 Å². The van der Waals surface area contributed by atoms with Gasteiger partial charge in [0.2, 0.25) is 5.91 Å². The van der Waals surface area contributed by atoms with Gasteiger partial charge in [-0.3, -0.25) is 9.59 Å². The fourth-order valence-corrected chi connectivity index (χ4v) is 2.64. The molecule has 0 radical (unpaired) electrons. The molecule has 5 nitrogen and oxygen atoms in total. The highest BCUT2D eigenvalue weighted by Gasteiger charge is 2.30. The Morgan fingerprint density at radius 3 is 2.85 bits per heavy atom. The van der Waals surface area contributed by atoms with Crippen LogP contribution in [-0.2, 0) is 16.1 Å². The molecular weight excluding hydrogens is 256 g/mol. The standard InChI is InChI=1S/C15H20N2O3/c1-2-7-17(10-14(18)19)15(20)13-9-16-8-11-5-3-4-6-12(11)13/h3-6,13,16H,2,7-10H2,1H3,(H,18,19). The lowest BCUT2D eigenvalue weighted by Gasteiger charge is -2.30. The number of carbonyl (C=O) groups excluding carboxylic acids is 1. The van der Waals surface area contributed by atoms with Crippen molar-refractivity contribution in [2.75, 3.05) is 19.6 Å². The topological polar surface area (TPSA) is 69.6 Å². The van der Waals surface area contributed by atoms with Crippen LogP contribution in [0.4, 0.5) is 0 Å². The number of hydrogen-bond acceptors (Lipinski definition) is 3. The van der Waals surface area contributed by atoms with Gasteiger partial charge >= 0.3 is 5.97 Å². The van der Waals surface area contributed by atoms with E-state index in [4.69, 9.17) is 5.11 Å². The molecule has 0 aromatic heterocycles. The largest absolute Gasteiger partial charge is 0.480 e. The number of amides is 1. The van der Waals surface area contributed by atoms with Gasteiger partial charge in [-0.15, -0.1) is 0 Å². The SMILES string of the molecule is CCCN(CC(=O)O)C(=O)C1CNCc2ccccc21. The van der Waals surface area contributed by atoms with Crippen molar-refractivity contribution in [2.24, 2.45) is 0 Å². The zero-order valence-electron chi connectivity index (χ0n) is 11.6. The van der Waals surface area contributed by atoms with E-state index in [0.29, 0.717) is 13.1 Å². The van der Waals surface area contributed by atoms with Gasteiger partial charge in [-0.25, -0.2) is 0 Å². The van der Waals surface area contributed by atoms with Crippen LogP contribution in [-0.4, -0.2) is 41.5 Å². The number of rotatable bonds is 5. The van der Waals surface area contributed by atoms with Gasteiger partial charge in [0, 0.05) is 19.6 Å². The van der Waals surface area contributed by atoms with Crippen molar-refractivity contribution in [1.82, 2.24) is 10.2 Å². The minimum absolute atomic E-state index is 0.103. The third kappa shape index (κ3) is 3.17. The molecule has 1 atom stereocenters. The molecule has 1 aliphatic heterocycles. The number of carboxylic acid groups (broad SMARTS) is 1. The van der Waals surface area contributed by atoms with Crippen LogP contribution in [0.15, 0.2) is 24.3 Å². The van der Waals surface area contributed by atoms with E-state index in [9.17, 15) is 9.59 Å². The summed E-state index contributed by atoms with van der Waals surface area (Å²) in [6.07, 6.45) is 0.751. The molecule has 1 unspecified atom stereocenters. The Morgan fingerprint density at radius 1 is 1.40 bits per heavy atom. The Hall–Kier alpha value is -1.88. The molecule has 20 heavy (non-hydrogen) atoms. The van der Waals surface area contributed by atoms with E-state index < -0.39 is 5.97 Å². The van der Waals surface area contributed by atoms with Crippen LogP contribution in [0.3, 0.4) is 0 Å². The molecule has 0 saturated carbocycles. The number of hydrogen-bond donors (Lipinski definition) is 2. The van der Waals surface area contributed by atoms with Crippen molar-refractivity contribution in [3.63, 3.8) is 0 Å². The lowest BCUT2D eigenvalue weighted by molar-refractivity contribution is -0.145. The van der Waals surface area contributed by atoms with E-state index in [1.54, 1.807) is 0 Å². The summed E-state index contributed by atoms with van der Waals surface area (Å²) in [5.41, 5.74) is 2.13. The zero-order chi connectivity index (χ0) is 14.5. The summed E-state index contributed by atoms with van der Waals surface area (Å²) in [4.78, 5) is 25.0. The van der Waals surface area contributed by atoms with Crippen LogP contribution in [0, 0.1) is 0 Å². The van der Waals surface area contributed by atoms with Gasteiger partial charge in [0.25, 0.3) is 0 Å². The summed E-state index contributed by atoms with van der Waals surface area (Å²) in [7, 11) is 0. The highest BCUT2D eigenvalue weighted by molar-refractivity contribution is 5.87. The second kappa shape index (κ2) is 6.52. The summed E-state index contributed by atoms with van der Waals surface area (Å²) in [6.45, 7) is 3.51. The van der Waals surface area contributed by atoms with E-state index in [2.05, 4.69) is 5.32 Å². The molecule has 0 bridgehead atoms. The highest BCUT2D eigenvalue weighted by atomic mass is 16.4. The van der Waals surface area contributed by atoms with E-state index in [-0.39, 0.29) is 18.4 Å². The molecule has 0 saturated heterocycles. The van der Waals surface area contributed by atoms with Crippen LogP contribution in [0.25, 0.3) is 0 Å². The lowest BCUT2D eigenvalue weighted by Crippen LogP contribution is -2.43. The Bertz CT molecular complexity index is 502. The van der Waals surface area contributed by atoms with Gasteiger partial charge in [-0.1, -0.05) is 31.2 Å². The molecule has 1 aliphatic rings. The van der Waals surface area contributed by atoms with Crippen LogP contribution in [0.5, 0.6) is 0 Å². The molecule has 0 aliphatic carbocycles. The number of aliphatic carboxylic acids is 1. The van der Waals surface area contributed by atoms with Crippen LogP contribution in [0.2, 0.25) is 0 Å². The molecule has 1 aromatic carbocycles. The maximum absolute atomic E-state index is 12.6. The first kappa shape index (κ1) is 14.5. The molecule has 2 N–H and O–H groups in total. The lowest BCUT2D eigenvalue weighted by atomic mass is 9.89. The first-order valence-electron chi connectivity index (χ1n) is 6.92. The van der Waals surface area contributed by atoms with Crippen molar-refractivity contribution < 1.29 is 14.7 Å². The monoisotopic (exact) mass is 276 g/mol. The molecule has 5 heteroatoms. The molecule has 0 fully saturated rings. The van der Waals surface area contributed by atoms with Crippen LogP contribution >= 0.6 is 0 Å². The first-order chi connectivity index (χ1) is 9.63. The maximum Gasteiger partial charge on any atom is 0.323 e. The fraction of sp³-hybridized carbons (Fsp3) is 0.467. The smallest absolute Gasteiger partial charge is 0.323 e. The summed E-state index contributed by atoms with van der Waals surface area (Å²) in [5, 5.41) is 12.2. The van der Waals surface area contributed by atoms with Gasteiger partial charge in [0.1, 0.15) is 6.54 Å².